The third-order valence-electron chi connectivity index (χ3n) is 4.63. The van der Waals surface area contributed by atoms with Crippen LogP contribution in [0.2, 0.25) is 0 Å². The average molecular weight is 351 g/mol. The summed E-state index contributed by atoms with van der Waals surface area (Å²) in [7, 11) is 0. The van der Waals surface area contributed by atoms with Crippen molar-refractivity contribution >= 4 is 11.7 Å². The molecule has 0 unspecified atom stereocenters. The van der Waals surface area contributed by atoms with E-state index in [-0.39, 0.29) is 6.03 Å². The highest BCUT2D eigenvalue weighted by Crippen LogP contribution is 2.26. The number of H-pyrrole nitrogens is 1. The highest BCUT2D eigenvalue weighted by Gasteiger charge is 2.26. The normalized spacial score (nSPS) is 13.7. The molecule has 2 amide bonds. The van der Waals surface area contributed by atoms with Crippen LogP contribution in [0.5, 0.6) is 0 Å². The van der Waals surface area contributed by atoms with Gasteiger partial charge in [-0.3, -0.25) is 5.10 Å². The molecule has 26 heavy (non-hydrogen) atoms. The van der Waals surface area contributed by atoms with Crippen molar-refractivity contribution in [2.45, 2.75) is 32.7 Å². The molecule has 0 radical (unpaired) electrons. The second-order valence-corrected chi connectivity index (χ2v) is 6.77. The lowest BCUT2D eigenvalue weighted by Crippen LogP contribution is -2.39. The maximum absolute atomic E-state index is 12.7. The molecule has 0 spiro atoms. The highest BCUT2D eigenvalue weighted by molar-refractivity contribution is 5.90. The second kappa shape index (κ2) is 6.67. The van der Waals surface area contributed by atoms with Crippen LogP contribution in [-0.4, -0.2) is 32.7 Å². The Kier molecular flexibility index (Phi) is 4.20. The predicted molar refractivity (Wildman–Crippen MR) is 97.7 cm³/mol. The number of nitrogens with one attached hydrogen (secondary N) is 2. The van der Waals surface area contributed by atoms with Crippen molar-refractivity contribution in [3.63, 3.8) is 0 Å². The van der Waals surface area contributed by atoms with E-state index in [1.54, 1.807) is 6.20 Å². The largest absolute Gasteiger partial charge is 0.444 e. The van der Waals surface area contributed by atoms with Crippen molar-refractivity contribution in [1.82, 2.24) is 20.1 Å². The van der Waals surface area contributed by atoms with Gasteiger partial charge < -0.3 is 14.6 Å². The van der Waals surface area contributed by atoms with Crippen molar-refractivity contribution in [2.75, 3.05) is 11.9 Å². The fourth-order valence-corrected chi connectivity index (χ4v) is 3.28. The standard InChI is InChI=1S/C19H21N5O2/c1-12(2)18-15-10-24(7-6-16(15)22-23-18)19(25)21-14-5-3-4-13(8-14)17-9-20-11-26-17/h3-5,8-9,11-12H,6-7,10H2,1-2H3,(H,21,25)(H,22,23). The van der Waals surface area contributed by atoms with Gasteiger partial charge in [0.05, 0.1) is 18.4 Å². The zero-order valence-electron chi connectivity index (χ0n) is 14.8. The van der Waals surface area contributed by atoms with Crippen LogP contribution < -0.4 is 5.32 Å². The molecule has 2 aromatic heterocycles. The molecule has 1 aliphatic rings. The van der Waals surface area contributed by atoms with Crippen LogP contribution in [-0.2, 0) is 13.0 Å². The van der Waals surface area contributed by atoms with Gasteiger partial charge >= 0.3 is 6.03 Å². The summed E-state index contributed by atoms with van der Waals surface area (Å²) in [6.45, 7) is 5.47. The first kappa shape index (κ1) is 16.4. The van der Waals surface area contributed by atoms with E-state index in [0.29, 0.717) is 24.8 Å². The third-order valence-corrected chi connectivity index (χ3v) is 4.63. The van der Waals surface area contributed by atoms with E-state index in [2.05, 4.69) is 34.3 Å². The van der Waals surface area contributed by atoms with Crippen molar-refractivity contribution < 1.29 is 9.21 Å². The van der Waals surface area contributed by atoms with Crippen LogP contribution in [0.25, 0.3) is 11.3 Å². The van der Waals surface area contributed by atoms with E-state index in [9.17, 15) is 4.79 Å². The van der Waals surface area contributed by atoms with Crippen molar-refractivity contribution in [2.24, 2.45) is 0 Å². The number of rotatable bonds is 3. The molecular formula is C19H21N5O2. The van der Waals surface area contributed by atoms with Crippen LogP contribution in [0.3, 0.4) is 0 Å². The Morgan fingerprint density at radius 2 is 2.27 bits per heavy atom. The van der Waals surface area contributed by atoms with Crippen LogP contribution in [0.4, 0.5) is 10.5 Å². The van der Waals surface area contributed by atoms with E-state index in [4.69, 9.17) is 4.42 Å². The molecule has 2 N–H and O–H groups in total. The summed E-state index contributed by atoms with van der Waals surface area (Å²) in [4.78, 5) is 18.5. The number of urea groups is 1. The number of aromatic amines is 1. The molecule has 3 aromatic rings. The van der Waals surface area contributed by atoms with Gasteiger partial charge in [-0.1, -0.05) is 26.0 Å². The zero-order chi connectivity index (χ0) is 18.1. The SMILES string of the molecule is CC(C)c1n[nH]c2c1CN(C(=O)Nc1cccc(-c3cnco3)c1)CC2. The number of anilines is 1. The van der Waals surface area contributed by atoms with E-state index in [1.165, 1.54) is 6.39 Å². The van der Waals surface area contributed by atoms with E-state index < -0.39 is 0 Å². The Bertz CT molecular complexity index is 914. The summed E-state index contributed by atoms with van der Waals surface area (Å²) in [5.41, 5.74) is 4.94. The lowest BCUT2D eigenvalue weighted by Gasteiger charge is -2.27. The minimum Gasteiger partial charge on any atom is -0.444 e. The molecule has 7 nitrogen and oxygen atoms in total. The molecule has 0 atom stereocenters. The third kappa shape index (κ3) is 3.08. The Balaban J connectivity index is 1.49. The monoisotopic (exact) mass is 351 g/mol. The fraction of sp³-hybridized carbons (Fsp3) is 0.316. The fourth-order valence-electron chi connectivity index (χ4n) is 3.28. The molecule has 4 rings (SSSR count). The number of oxazole rings is 1. The molecule has 1 aromatic carbocycles. The van der Waals surface area contributed by atoms with Crippen LogP contribution in [0, 0.1) is 0 Å². The minimum absolute atomic E-state index is 0.110. The number of carbonyl (C=O) groups excluding carboxylic acids is 1. The van der Waals surface area contributed by atoms with Crippen molar-refractivity contribution in [3.05, 3.63) is 53.8 Å². The Morgan fingerprint density at radius 3 is 3.04 bits per heavy atom. The molecule has 0 saturated heterocycles. The molecule has 134 valence electrons. The number of aromatic nitrogens is 3. The maximum Gasteiger partial charge on any atom is 0.322 e. The summed E-state index contributed by atoms with van der Waals surface area (Å²) in [5.74, 6) is 1.00. The second-order valence-electron chi connectivity index (χ2n) is 6.77. The summed E-state index contributed by atoms with van der Waals surface area (Å²) in [5, 5.41) is 10.5. The van der Waals surface area contributed by atoms with Gasteiger partial charge in [-0.15, -0.1) is 0 Å². The smallest absolute Gasteiger partial charge is 0.322 e. The number of benzene rings is 1. The lowest BCUT2D eigenvalue weighted by molar-refractivity contribution is 0.206. The predicted octanol–water partition coefficient (Wildman–Crippen LogP) is 3.78. The van der Waals surface area contributed by atoms with Crippen LogP contribution in [0.15, 0.2) is 41.3 Å². The van der Waals surface area contributed by atoms with Gasteiger partial charge in [-0.2, -0.15) is 5.10 Å². The Hall–Kier alpha value is -3.09. The van der Waals surface area contributed by atoms with Crippen LogP contribution in [0.1, 0.15) is 36.7 Å². The van der Waals surface area contributed by atoms with Gasteiger partial charge in [-0.05, 0) is 18.1 Å². The number of nitrogens with zero attached hydrogens (tertiary/aromatic N) is 3. The molecule has 3 heterocycles. The number of fused-ring (bicyclic) bond motifs is 1. The quantitative estimate of drug-likeness (QED) is 0.752. The topological polar surface area (TPSA) is 87.0 Å². The molecular weight excluding hydrogens is 330 g/mol. The summed E-state index contributed by atoms with van der Waals surface area (Å²) < 4.78 is 5.32. The van der Waals surface area contributed by atoms with Gasteiger partial charge in [0, 0.05) is 35.5 Å². The molecule has 1 aliphatic heterocycles. The van der Waals surface area contributed by atoms with Crippen molar-refractivity contribution in [1.29, 1.82) is 0 Å². The first-order chi connectivity index (χ1) is 12.6. The molecule has 7 heteroatoms. The van der Waals surface area contributed by atoms with Gasteiger partial charge in [0.2, 0.25) is 0 Å². The number of amides is 2. The van der Waals surface area contributed by atoms with Gasteiger partial charge in [0.25, 0.3) is 0 Å². The summed E-state index contributed by atoms with van der Waals surface area (Å²) in [6.07, 6.45) is 3.84. The number of carbonyl (C=O) groups is 1. The van der Waals surface area contributed by atoms with E-state index >= 15 is 0 Å². The van der Waals surface area contributed by atoms with Gasteiger partial charge in [0.15, 0.2) is 12.2 Å². The summed E-state index contributed by atoms with van der Waals surface area (Å²) in [6, 6.07) is 7.44. The van der Waals surface area contributed by atoms with Gasteiger partial charge in [0.1, 0.15) is 0 Å². The molecule has 0 bridgehead atoms. The zero-order valence-corrected chi connectivity index (χ0v) is 14.8. The first-order valence-electron chi connectivity index (χ1n) is 8.72. The average Bonchev–Trinajstić information content (AvgIpc) is 3.31. The molecule has 0 aliphatic carbocycles. The highest BCUT2D eigenvalue weighted by atomic mass is 16.3. The van der Waals surface area contributed by atoms with Gasteiger partial charge in [-0.25, -0.2) is 9.78 Å². The molecule has 0 saturated carbocycles. The van der Waals surface area contributed by atoms with E-state index in [0.717, 1.165) is 34.6 Å². The summed E-state index contributed by atoms with van der Waals surface area (Å²) >= 11 is 0. The molecule has 0 fully saturated rings. The number of hydrogen-bond acceptors (Lipinski definition) is 4. The van der Waals surface area contributed by atoms with Crippen molar-refractivity contribution in [3.8, 4) is 11.3 Å². The minimum atomic E-state index is -0.110. The Labute approximate surface area is 151 Å². The number of hydrogen-bond donors (Lipinski definition) is 2. The van der Waals surface area contributed by atoms with E-state index in [1.807, 2.05) is 29.2 Å². The first-order valence-corrected chi connectivity index (χ1v) is 8.72. The van der Waals surface area contributed by atoms with Crippen LogP contribution >= 0.6 is 0 Å². The Morgan fingerprint density at radius 1 is 1.38 bits per heavy atom. The lowest BCUT2D eigenvalue weighted by atomic mass is 10.00. The maximum atomic E-state index is 12.7.